The summed E-state index contributed by atoms with van der Waals surface area (Å²) in [4.78, 5) is 13.9. The average Bonchev–Trinajstić information content (AvgIpc) is 2.70. The number of rotatable bonds is 5. The molecule has 4 nitrogen and oxygen atoms in total. The normalized spacial score (nSPS) is 22.9. The van der Waals surface area contributed by atoms with E-state index in [1.54, 1.807) is 12.1 Å². The van der Waals surface area contributed by atoms with Gasteiger partial charge in [-0.05, 0) is 30.0 Å². The summed E-state index contributed by atoms with van der Waals surface area (Å²) in [6.45, 7) is 4.75. The van der Waals surface area contributed by atoms with Gasteiger partial charge in [0.15, 0.2) is 0 Å². The van der Waals surface area contributed by atoms with Crippen LogP contribution in [0.5, 0.6) is 0 Å². The summed E-state index contributed by atoms with van der Waals surface area (Å²) in [5.41, 5.74) is 6.95. The number of carbonyl (C=O) groups excluding carboxylic acids is 1. The lowest BCUT2D eigenvalue weighted by molar-refractivity contribution is -0.122. The first-order chi connectivity index (χ1) is 9.54. The van der Waals surface area contributed by atoms with Crippen molar-refractivity contribution in [3.8, 4) is 0 Å². The third kappa shape index (κ3) is 4.28. The number of nitrogens with two attached hydrogens (primary N) is 1. The summed E-state index contributed by atoms with van der Waals surface area (Å²) in [5.74, 6) is 0.229. The number of amides is 1. The van der Waals surface area contributed by atoms with Gasteiger partial charge in [0.05, 0.1) is 6.54 Å². The second-order valence-electron chi connectivity index (χ2n) is 5.56. The van der Waals surface area contributed by atoms with Crippen LogP contribution in [0, 0.1) is 11.7 Å². The Labute approximate surface area is 119 Å². The van der Waals surface area contributed by atoms with Crippen LogP contribution in [0.2, 0.25) is 0 Å². The van der Waals surface area contributed by atoms with Crippen LogP contribution >= 0.6 is 0 Å². The molecule has 5 heteroatoms. The minimum atomic E-state index is -0.239. The summed E-state index contributed by atoms with van der Waals surface area (Å²) in [6.07, 6.45) is 0.710. The molecule has 2 rings (SSSR count). The Morgan fingerprint density at radius 1 is 1.40 bits per heavy atom. The molecular weight excluding hydrogens is 257 g/mol. The predicted octanol–water partition coefficient (Wildman–Crippen LogP) is 0.763. The molecule has 1 fully saturated rings. The molecule has 0 spiro atoms. The number of nitrogens with one attached hydrogen (secondary N) is 1. The maximum atomic E-state index is 12.7. The molecule has 1 aliphatic heterocycles. The molecule has 1 heterocycles. The third-order valence-electron chi connectivity index (χ3n) is 3.76. The molecule has 1 aromatic rings. The van der Waals surface area contributed by atoms with Gasteiger partial charge in [-0.25, -0.2) is 4.39 Å². The fourth-order valence-electron chi connectivity index (χ4n) is 2.48. The Morgan fingerprint density at radius 3 is 2.70 bits per heavy atom. The highest BCUT2D eigenvalue weighted by Gasteiger charge is 2.27. The first kappa shape index (κ1) is 14.9. The fourth-order valence-corrected chi connectivity index (χ4v) is 2.48. The van der Waals surface area contributed by atoms with Crippen molar-refractivity contribution in [2.45, 2.75) is 19.4 Å². The molecule has 110 valence electrons. The Kier molecular flexibility index (Phi) is 5.09. The van der Waals surface area contributed by atoms with Gasteiger partial charge in [-0.15, -0.1) is 0 Å². The van der Waals surface area contributed by atoms with Crippen LogP contribution in [-0.4, -0.2) is 43.0 Å². The van der Waals surface area contributed by atoms with Crippen LogP contribution in [-0.2, 0) is 11.2 Å². The second-order valence-corrected chi connectivity index (χ2v) is 5.56. The minimum absolute atomic E-state index is 0.0217. The SMILES string of the molecule is CC1CN(CC(=O)NCCc2ccc(F)cc2)CC1N. The van der Waals surface area contributed by atoms with E-state index in [0.717, 1.165) is 18.7 Å². The van der Waals surface area contributed by atoms with Gasteiger partial charge >= 0.3 is 0 Å². The smallest absolute Gasteiger partial charge is 0.234 e. The number of nitrogens with zero attached hydrogens (tertiary/aromatic N) is 1. The number of likely N-dealkylation sites (tertiary alicyclic amines) is 1. The standard InChI is InChI=1S/C15H22FN3O/c1-11-8-19(9-14(11)17)10-15(20)18-7-6-12-2-4-13(16)5-3-12/h2-5,11,14H,6-10,17H2,1H3,(H,18,20). The van der Waals surface area contributed by atoms with Crippen molar-refractivity contribution in [1.29, 1.82) is 0 Å². The van der Waals surface area contributed by atoms with Gasteiger partial charge in [-0.1, -0.05) is 19.1 Å². The minimum Gasteiger partial charge on any atom is -0.355 e. The predicted molar refractivity (Wildman–Crippen MR) is 76.7 cm³/mol. The Bertz CT molecular complexity index is 439. The van der Waals surface area contributed by atoms with Crippen molar-refractivity contribution >= 4 is 5.91 Å². The first-order valence-corrected chi connectivity index (χ1v) is 7.03. The van der Waals surface area contributed by atoms with Gasteiger partial charge in [0.1, 0.15) is 5.82 Å². The average molecular weight is 279 g/mol. The van der Waals surface area contributed by atoms with Gasteiger partial charge in [-0.3, -0.25) is 9.69 Å². The summed E-state index contributed by atoms with van der Waals surface area (Å²) in [7, 11) is 0. The van der Waals surface area contributed by atoms with Crippen LogP contribution < -0.4 is 11.1 Å². The number of benzene rings is 1. The van der Waals surface area contributed by atoms with E-state index < -0.39 is 0 Å². The number of hydrogen-bond donors (Lipinski definition) is 2. The van der Waals surface area contributed by atoms with E-state index >= 15 is 0 Å². The zero-order valence-electron chi connectivity index (χ0n) is 11.8. The molecule has 2 unspecified atom stereocenters. The molecule has 2 atom stereocenters. The number of halogens is 1. The second kappa shape index (κ2) is 6.81. The molecule has 1 saturated heterocycles. The molecule has 1 amide bonds. The summed E-state index contributed by atoms with van der Waals surface area (Å²) >= 11 is 0. The molecular formula is C15H22FN3O. The molecule has 0 bridgehead atoms. The van der Waals surface area contributed by atoms with E-state index in [9.17, 15) is 9.18 Å². The highest BCUT2D eigenvalue weighted by molar-refractivity contribution is 5.78. The van der Waals surface area contributed by atoms with Gasteiger partial charge in [0, 0.05) is 25.7 Å². The molecule has 0 radical (unpaired) electrons. The molecule has 1 aliphatic rings. The Morgan fingerprint density at radius 2 is 2.10 bits per heavy atom. The first-order valence-electron chi connectivity index (χ1n) is 7.03. The molecule has 0 aromatic heterocycles. The Hall–Kier alpha value is -1.46. The zero-order valence-corrected chi connectivity index (χ0v) is 11.8. The van der Waals surface area contributed by atoms with Gasteiger partial charge < -0.3 is 11.1 Å². The molecule has 1 aromatic carbocycles. The summed E-state index contributed by atoms with van der Waals surface area (Å²) in [5, 5.41) is 2.89. The van der Waals surface area contributed by atoms with E-state index in [4.69, 9.17) is 5.73 Å². The van der Waals surface area contributed by atoms with Gasteiger partial charge in [-0.2, -0.15) is 0 Å². The highest BCUT2D eigenvalue weighted by Crippen LogP contribution is 2.13. The van der Waals surface area contributed by atoms with Gasteiger partial charge in [0.25, 0.3) is 0 Å². The maximum Gasteiger partial charge on any atom is 0.234 e. The lowest BCUT2D eigenvalue weighted by Crippen LogP contribution is -2.38. The molecule has 3 N–H and O–H groups in total. The van der Waals surface area contributed by atoms with Crippen molar-refractivity contribution in [2.24, 2.45) is 11.7 Å². The lowest BCUT2D eigenvalue weighted by atomic mass is 10.1. The van der Waals surface area contributed by atoms with Crippen LogP contribution in [0.1, 0.15) is 12.5 Å². The monoisotopic (exact) mass is 279 g/mol. The summed E-state index contributed by atoms with van der Waals surface area (Å²) < 4.78 is 12.7. The lowest BCUT2D eigenvalue weighted by Gasteiger charge is -2.14. The van der Waals surface area contributed by atoms with Crippen LogP contribution in [0.25, 0.3) is 0 Å². The van der Waals surface area contributed by atoms with Crippen molar-refractivity contribution < 1.29 is 9.18 Å². The quantitative estimate of drug-likeness (QED) is 0.837. The van der Waals surface area contributed by atoms with Crippen molar-refractivity contribution in [1.82, 2.24) is 10.2 Å². The molecule has 0 aliphatic carbocycles. The van der Waals surface area contributed by atoms with Crippen LogP contribution in [0.15, 0.2) is 24.3 Å². The largest absolute Gasteiger partial charge is 0.355 e. The topological polar surface area (TPSA) is 58.4 Å². The van der Waals surface area contributed by atoms with Crippen LogP contribution in [0.4, 0.5) is 4.39 Å². The van der Waals surface area contributed by atoms with Crippen molar-refractivity contribution in [2.75, 3.05) is 26.2 Å². The number of hydrogen-bond acceptors (Lipinski definition) is 3. The van der Waals surface area contributed by atoms with E-state index in [2.05, 4.69) is 17.1 Å². The third-order valence-corrected chi connectivity index (χ3v) is 3.76. The Balaban J connectivity index is 1.67. The van der Waals surface area contributed by atoms with E-state index in [1.807, 2.05) is 0 Å². The summed E-state index contributed by atoms with van der Waals surface area (Å²) in [6, 6.07) is 6.52. The highest BCUT2D eigenvalue weighted by atomic mass is 19.1. The molecule has 20 heavy (non-hydrogen) atoms. The van der Waals surface area contributed by atoms with E-state index in [1.165, 1.54) is 12.1 Å². The van der Waals surface area contributed by atoms with E-state index in [-0.39, 0.29) is 17.8 Å². The van der Waals surface area contributed by atoms with E-state index in [0.29, 0.717) is 25.4 Å². The van der Waals surface area contributed by atoms with Crippen molar-refractivity contribution in [3.63, 3.8) is 0 Å². The number of carbonyl (C=O) groups is 1. The van der Waals surface area contributed by atoms with Crippen molar-refractivity contribution in [3.05, 3.63) is 35.6 Å². The van der Waals surface area contributed by atoms with Gasteiger partial charge in [0.2, 0.25) is 5.91 Å². The van der Waals surface area contributed by atoms with Crippen LogP contribution in [0.3, 0.4) is 0 Å². The fraction of sp³-hybridized carbons (Fsp3) is 0.533. The maximum absolute atomic E-state index is 12.7. The molecule has 0 saturated carbocycles. The zero-order chi connectivity index (χ0) is 14.5.